The lowest BCUT2D eigenvalue weighted by Crippen LogP contribution is -2.24. The lowest BCUT2D eigenvalue weighted by atomic mass is 9.86. The first-order chi connectivity index (χ1) is 13.1. The van der Waals surface area contributed by atoms with Gasteiger partial charge in [-0.05, 0) is 11.5 Å². The van der Waals surface area contributed by atoms with Gasteiger partial charge in [0.2, 0.25) is 5.78 Å². The second-order valence-corrected chi connectivity index (χ2v) is 6.99. The summed E-state index contributed by atoms with van der Waals surface area (Å²) in [4.78, 5) is 25.2. The Morgan fingerprint density at radius 1 is 1.30 bits per heavy atom. The van der Waals surface area contributed by atoms with E-state index in [1.807, 2.05) is 24.3 Å². The number of allylic oxidation sites excluding steroid dienone is 1. The van der Waals surface area contributed by atoms with Crippen LogP contribution in [0.4, 0.5) is 0 Å². The molecular weight excluding hydrogens is 364 g/mol. The summed E-state index contributed by atoms with van der Waals surface area (Å²) < 4.78 is 4.63. The molecule has 0 saturated heterocycles. The van der Waals surface area contributed by atoms with Crippen molar-refractivity contribution in [2.75, 3.05) is 26.0 Å². The van der Waals surface area contributed by atoms with E-state index in [1.165, 1.54) is 18.9 Å². The zero-order chi connectivity index (χ0) is 19.4. The molecule has 0 bridgehead atoms. The van der Waals surface area contributed by atoms with Crippen LogP contribution in [0.5, 0.6) is 0 Å². The van der Waals surface area contributed by atoms with Gasteiger partial charge in [-0.2, -0.15) is 5.26 Å². The first-order valence-corrected chi connectivity index (χ1v) is 9.40. The molecule has 0 spiro atoms. The SMILES string of the molecule is COC(=O)CCNC1=C(C#N)C(=O)c2cccc3c(SCCO)ccc1c23. The fourth-order valence-electron chi connectivity index (χ4n) is 3.12. The van der Waals surface area contributed by atoms with Crippen LogP contribution in [0.2, 0.25) is 0 Å². The Morgan fingerprint density at radius 2 is 2.11 bits per heavy atom. The highest BCUT2D eigenvalue weighted by molar-refractivity contribution is 7.99. The summed E-state index contributed by atoms with van der Waals surface area (Å²) in [5.41, 5.74) is 1.73. The highest BCUT2D eigenvalue weighted by atomic mass is 32.2. The van der Waals surface area contributed by atoms with Crippen LogP contribution in [-0.4, -0.2) is 42.9 Å². The summed E-state index contributed by atoms with van der Waals surface area (Å²) in [6.45, 7) is 0.316. The van der Waals surface area contributed by atoms with Crippen LogP contribution in [0.15, 0.2) is 40.8 Å². The lowest BCUT2D eigenvalue weighted by Gasteiger charge is -2.22. The second kappa shape index (κ2) is 8.25. The monoisotopic (exact) mass is 382 g/mol. The number of ketones is 1. The summed E-state index contributed by atoms with van der Waals surface area (Å²) >= 11 is 1.51. The molecule has 1 aliphatic rings. The number of carbonyl (C=O) groups is 2. The van der Waals surface area contributed by atoms with Crippen molar-refractivity contribution in [1.82, 2.24) is 5.32 Å². The first kappa shape index (κ1) is 19.0. The number of nitrogens with one attached hydrogen (secondary N) is 1. The lowest BCUT2D eigenvalue weighted by molar-refractivity contribution is -0.140. The van der Waals surface area contributed by atoms with Gasteiger partial charge < -0.3 is 15.2 Å². The van der Waals surface area contributed by atoms with Crippen molar-refractivity contribution in [2.45, 2.75) is 11.3 Å². The molecule has 3 rings (SSSR count). The van der Waals surface area contributed by atoms with Gasteiger partial charge in [0.1, 0.15) is 11.6 Å². The molecule has 0 atom stereocenters. The Hall–Kier alpha value is -2.82. The fraction of sp³-hybridized carbons (Fsp3) is 0.250. The van der Waals surface area contributed by atoms with Gasteiger partial charge in [-0.25, -0.2) is 0 Å². The molecule has 0 radical (unpaired) electrons. The Labute approximate surface area is 160 Å². The highest BCUT2D eigenvalue weighted by Crippen LogP contribution is 2.39. The number of hydrogen-bond acceptors (Lipinski definition) is 7. The maximum Gasteiger partial charge on any atom is 0.307 e. The third kappa shape index (κ3) is 3.54. The van der Waals surface area contributed by atoms with E-state index in [-0.39, 0.29) is 36.9 Å². The number of benzene rings is 2. The van der Waals surface area contributed by atoms with E-state index in [0.717, 1.165) is 21.2 Å². The van der Waals surface area contributed by atoms with Gasteiger partial charge in [-0.3, -0.25) is 9.59 Å². The van der Waals surface area contributed by atoms with E-state index in [2.05, 4.69) is 10.1 Å². The second-order valence-electron chi connectivity index (χ2n) is 5.86. The molecule has 2 N–H and O–H groups in total. The fourth-order valence-corrected chi connectivity index (χ4v) is 3.92. The number of thioether (sulfide) groups is 1. The maximum atomic E-state index is 12.9. The Morgan fingerprint density at radius 3 is 2.81 bits per heavy atom. The normalized spacial score (nSPS) is 12.9. The van der Waals surface area contributed by atoms with Crippen LogP contribution in [-0.2, 0) is 9.53 Å². The number of aliphatic hydroxyl groups excluding tert-OH is 1. The molecular formula is C20H18N2O4S. The topological polar surface area (TPSA) is 99.4 Å². The standard InChI is InChI=1S/C20H18N2O4S/c1-26-17(24)7-8-22-19-13-5-6-16(27-10-9-23)12-3-2-4-14(18(12)13)20(25)15(19)11-21/h2-6,22-23H,7-10H2,1H3. The maximum absolute atomic E-state index is 12.9. The van der Waals surface area contributed by atoms with Gasteiger partial charge in [0.25, 0.3) is 0 Å². The molecule has 0 amide bonds. The van der Waals surface area contributed by atoms with Crippen molar-refractivity contribution in [3.8, 4) is 6.07 Å². The number of Topliss-reactive ketones (excluding diaryl/α,β-unsaturated/α-hetero) is 1. The summed E-state index contributed by atoms with van der Waals surface area (Å²) in [6, 6.07) is 11.2. The van der Waals surface area contributed by atoms with Crippen LogP contribution in [0.1, 0.15) is 22.3 Å². The van der Waals surface area contributed by atoms with Gasteiger partial charge in [0.05, 0.1) is 25.8 Å². The van der Waals surface area contributed by atoms with Gasteiger partial charge in [0, 0.05) is 33.7 Å². The molecule has 0 aromatic heterocycles. The third-order valence-corrected chi connectivity index (χ3v) is 5.36. The van der Waals surface area contributed by atoms with Crippen molar-refractivity contribution in [3.05, 3.63) is 47.0 Å². The van der Waals surface area contributed by atoms with E-state index >= 15 is 0 Å². The summed E-state index contributed by atoms with van der Waals surface area (Å²) in [5.74, 6) is -0.151. The molecule has 7 heteroatoms. The van der Waals surface area contributed by atoms with Crippen LogP contribution < -0.4 is 5.32 Å². The Bertz CT molecular complexity index is 991. The van der Waals surface area contributed by atoms with E-state index in [4.69, 9.17) is 5.11 Å². The van der Waals surface area contributed by atoms with Crippen LogP contribution in [0.3, 0.4) is 0 Å². The summed E-state index contributed by atoms with van der Waals surface area (Å²) in [6.07, 6.45) is 0.127. The smallest absolute Gasteiger partial charge is 0.307 e. The number of nitriles is 1. The minimum Gasteiger partial charge on any atom is -0.469 e. The van der Waals surface area contributed by atoms with Crippen molar-refractivity contribution in [2.24, 2.45) is 0 Å². The molecule has 2 aromatic carbocycles. The number of nitrogens with zero attached hydrogens (tertiary/aromatic N) is 1. The van der Waals surface area contributed by atoms with Gasteiger partial charge in [-0.15, -0.1) is 11.8 Å². The van der Waals surface area contributed by atoms with E-state index < -0.39 is 0 Å². The molecule has 27 heavy (non-hydrogen) atoms. The molecule has 138 valence electrons. The van der Waals surface area contributed by atoms with E-state index in [0.29, 0.717) is 17.0 Å². The van der Waals surface area contributed by atoms with Crippen molar-refractivity contribution in [3.63, 3.8) is 0 Å². The molecule has 0 aliphatic heterocycles. The number of ether oxygens (including phenoxy) is 1. The summed E-state index contributed by atoms with van der Waals surface area (Å²) in [7, 11) is 1.31. The molecule has 6 nitrogen and oxygen atoms in total. The number of hydrogen-bond donors (Lipinski definition) is 2. The molecule has 0 fully saturated rings. The minimum atomic E-state index is -0.370. The van der Waals surface area contributed by atoms with Crippen molar-refractivity contribution >= 4 is 40.0 Å². The minimum absolute atomic E-state index is 0.0376. The number of aliphatic hydroxyl groups is 1. The van der Waals surface area contributed by atoms with E-state index in [9.17, 15) is 14.9 Å². The first-order valence-electron chi connectivity index (χ1n) is 8.42. The van der Waals surface area contributed by atoms with Crippen molar-refractivity contribution in [1.29, 1.82) is 5.26 Å². The van der Waals surface area contributed by atoms with Crippen LogP contribution in [0, 0.1) is 11.3 Å². The molecule has 0 saturated carbocycles. The predicted octanol–water partition coefficient (Wildman–Crippen LogP) is 2.51. The largest absolute Gasteiger partial charge is 0.469 e. The van der Waals surface area contributed by atoms with Crippen LogP contribution in [0.25, 0.3) is 16.5 Å². The van der Waals surface area contributed by atoms with Gasteiger partial charge in [-0.1, -0.05) is 24.3 Å². The van der Waals surface area contributed by atoms with Crippen LogP contribution >= 0.6 is 11.8 Å². The average Bonchev–Trinajstić information content (AvgIpc) is 2.70. The van der Waals surface area contributed by atoms with Gasteiger partial charge in [0.15, 0.2) is 0 Å². The van der Waals surface area contributed by atoms with E-state index in [1.54, 1.807) is 12.1 Å². The predicted molar refractivity (Wildman–Crippen MR) is 103 cm³/mol. The quantitative estimate of drug-likeness (QED) is 0.561. The number of esters is 1. The Kier molecular flexibility index (Phi) is 5.79. The number of methoxy groups -OCH3 is 1. The van der Waals surface area contributed by atoms with Crippen molar-refractivity contribution < 1.29 is 19.4 Å². The summed E-state index contributed by atoms with van der Waals surface area (Å²) in [5, 5.41) is 23.4. The zero-order valence-electron chi connectivity index (χ0n) is 14.7. The molecule has 0 unspecified atom stereocenters. The average molecular weight is 382 g/mol. The zero-order valence-corrected chi connectivity index (χ0v) is 15.6. The van der Waals surface area contributed by atoms with Gasteiger partial charge >= 0.3 is 5.97 Å². The molecule has 0 heterocycles. The third-order valence-electron chi connectivity index (χ3n) is 4.31. The number of rotatable bonds is 7. The highest BCUT2D eigenvalue weighted by Gasteiger charge is 2.28. The Balaban J connectivity index is 2.10. The number of carbonyl (C=O) groups excluding carboxylic acids is 2. The molecule has 1 aliphatic carbocycles. The molecule has 2 aromatic rings.